The van der Waals surface area contributed by atoms with Gasteiger partial charge >= 0.3 is 0 Å². The summed E-state index contributed by atoms with van der Waals surface area (Å²) in [7, 11) is 0. The van der Waals surface area contributed by atoms with Crippen LogP contribution in [0.1, 0.15) is 33.6 Å². The number of ether oxygens (including phenoxy) is 1. The van der Waals surface area contributed by atoms with Crippen molar-refractivity contribution in [1.82, 2.24) is 20.4 Å². The first-order valence-electron chi connectivity index (χ1n) is 10.8. The lowest BCUT2D eigenvalue weighted by Gasteiger charge is -2.35. The molecule has 0 amide bonds. The molecule has 0 saturated carbocycles. The topological polar surface area (TPSA) is 72.4 Å². The van der Waals surface area contributed by atoms with Gasteiger partial charge in [-0.05, 0) is 32.2 Å². The molecule has 28 heavy (non-hydrogen) atoms. The number of nitrogens with zero attached hydrogens (tertiary/aromatic N) is 3. The molecule has 0 aromatic heterocycles. The normalized spacial score (nSPS) is 25.4. The minimum Gasteiger partial charge on any atom is -0.396 e. The minimum absolute atomic E-state index is 0. The molecule has 0 aromatic carbocycles. The van der Waals surface area contributed by atoms with Crippen molar-refractivity contribution < 1.29 is 9.84 Å². The van der Waals surface area contributed by atoms with Gasteiger partial charge in [-0.15, -0.1) is 24.0 Å². The molecule has 166 valence electrons. The average molecular weight is 511 g/mol. The van der Waals surface area contributed by atoms with Crippen LogP contribution in [0, 0.1) is 11.3 Å². The molecule has 0 bridgehead atoms. The summed E-state index contributed by atoms with van der Waals surface area (Å²) in [6.45, 7) is 17.8. The second kappa shape index (κ2) is 14.0. The van der Waals surface area contributed by atoms with Gasteiger partial charge in [0, 0.05) is 64.4 Å². The molecule has 2 fully saturated rings. The molecule has 0 radical (unpaired) electrons. The van der Waals surface area contributed by atoms with Crippen LogP contribution in [0.15, 0.2) is 4.99 Å². The Morgan fingerprint density at radius 3 is 2.46 bits per heavy atom. The number of hydrogen-bond acceptors (Lipinski definition) is 5. The molecule has 7 nitrogen and oxygen atoms in total. The van der Waals surface area contributed by atoms with E-state index in [4.69, 9.17) is 9.73 Å². The fourth-order valence-corrected chi connectivity index (χ4v) is 3.94. The van der Waals surface area contributed by atoms with E-state index in [2.05, 4.69) is 41.2 Å². The number of nitrogens with one attached hydrogen (secondary N) is 2. The highest BCUT2D eigenvalue weighted by Gasteiger charge is 2.34. The summed E-state index contributed by atoms with van der Waals surface area (Å²) >= 11 is 0. The highest BCUT2D eigenvalue weighted by Crippen LogP contribution is 2.32. The number of aliphatic imine (C=N–C) groups is 1. The summed E-state index contributed by atoms with van der Waals surface area (Å²) in [4.78, 5) is 9.91. The molecular formula is C20H42IN5O2. The van der Waals surface area contributed by atoms with Gasteiger partial charge in [-0.1, -0.05) is 13.8 Å². The lowest BCUT2D eigenvalue weighted by atomic mass is 9.84. The molecular weight excluding hydrogens is 469 g/mol. The monoisotopic (exact) mass is 511 g/mol. The highest BCUT2D eigenvalue weighted by molar-refractivity contribution is 14.0. The summed E-state index contributed by atoms with van der Waals surface area (Å²) in [5.41, 5.74) is 0.00166. The van der Waals surface area contributed by atoms with Crippen LogP contribution in [0.5, 0.6) is 0 Å². The number of aliphatic hydroxyl groups is 1. The second-order valence-corrected chi connectivity index (χ2v) is 8.19. The third-order valence-corrected chi connectivity index (χ3v) is 5.84. The van der Waals surface area contributed by atoms with Crippen LogP contribution < -0.4 is 10.6 Å². The molecule has 2 atom stereocenters. The molecule has 3 N–H and O–H groups in total. The number of halogens is 1. The van der Waals surface area contributed by atoms with E-state index in [0.29, 0.717) is 19.1 Å². The summed E-state index contributed by atoms with van der Waals surface area (Å²) < 4.78 is 5.57. The Balaban J connectivity index is 0.00000392. The Morgan fingerprint density at radius 1 is 1.18 bits per heavy atom. The van der Waals surface area contributed by atoms with Gasteiger partial charge in [0.05, 0.1) is 13.2 Å². The second-order valence-electron chi connectivity index (χ2n) is 8.19. The maximum atomic E-state index is 9.38. The van der Waals surface area contributed by atoms with E-state index in [1.54, 1.807) is 0 Å². The van der Waals surface area contributed by atoms with Crippen molar-refractivity contribution in [3.05, 3.63) is 0 Å². The van der Waals surface area contributed by atoms with E-state index in [1.165, 1.54) is 26.2 Å². The third kappa shape index (κ3) is 8.69. The molecule has 0 spiro atoms. The van der Waals surface area contributed by atoms with Crippen LogP contribution in [-0.4, -0.2) is 99.6 Å². The van der Waals surface area contributed by atoms with E-state index in [1.807, 2.05) is 0 Å². The number of likely N-dealkylation sites (N-methyl/N-ethyl adjacent to an activating group) is 1. The molecule has 2 aliphatic heterocycles. The summed E-state index contributed by atoms with van der Waals surface area (Å²) in [5, 5.41) is 16.2. The molecule has 2 unspecified atom stereocenters. The van der Waals surface area contributed by atoms with Crippen molar-refractivity contribution in [2.75, 3.05) is 78.7 Å². The smallest absolute Gasteiger partial charge is 0.191 e. The summed E-state index contributed by atoms with van der Waals surface area (Å²) in [6.07, 6.45) is 1.74. The van der Waals surface area contributed by atoms with Crippen LogP contribution in [0.3, 0.4) is 0 Å². The van der Waals surface area contributed by atoms with E-state index in [9.17, 15) is 5.11 Å². The predicted octanol–water partition coefficient (Wildman–Crippen LogP) is 1.22. The lowest BCUT2D eigenvalue weighted by molar-refractivity contribution is 0.124. The average Bonchev–Trinajstić information content (AvgIpc) is 3.14. The molecule has 0 aromatic rings. The van der Waals surface area contributed by atoms with Gasteiger partial charge in [-0.25, -0.2) is 0 Å². The highest BCUT2D eigenvalue weighted by atomic mass is 127. The van der Waals surface area contributed by atoms with Crippen molar-refractivity contribution in [2.45, 2.75) is 33.6 Å². The first-order chi connectivity index (χ1) is 13.1. The first-order valence-corrected chi connectivity index (χ1v) is 10.8. The number of guanidine groups is 1. The molecule has 2 heterocycles. The molecule has 2 aliphatic rings. The van der Waals surface area contributed by atoms with Crippen molar-refractivity contribution >= 4 is 29.9 Å². The maximum absolute atomic E-state index is 9.38. The number of rotatable bonds is 10. The van der Waals surface area contributed by atoms with E-state index in [0.717, 1.165) is 51.6 Å². The Morgan fingerprint density at radius 2 is 1.89 bits per heavy atom. The summed E-state index contributed by atoms with van der Waals surface area (Å²) in [6, 6.07) is 0. The molecule has 0 aliphatic carbocycles. The van der Waals surface area contributed by atoms with Gasteiger partial charge < -0.3 is 30.3 Å². The zero-order valence-corrected chi connectivity index (χ0v) is 20.4. The zero-order chi connectivity index (χ0) is 19.5. The summed E-state index contributed by atoms with van der Waals surface area (Å²) in [5.74, 6) is 1.45. The minimum atomic E-state index is 0. The van der Waals surface area contributed by atoms with Crippen molar-refractivity contribution in [3.8, 4) is 0 Å². The fourth-order valence-electron chi connectivity index (χ4n) is 3.94. The van der Waals surface area contributed by atoms with E-state index >= 15 is 0 Å². The first kappa shape index (κ1) is 25.9. The Hall–Kier alpha value is -0.160. The standard InChI is InChI=1S/C20H41N5O2.HI/c1-4-21-19(23-16-20(6-12-26)7-13-27-17-20)22-14-18(3)15-25-10-8-24(5-2)9-11-25;/h18,26H,4-17H2,1-3H3,(H2,21,22,23);1H. The lowest BCUT2D eigenvalue weighted by Crippen LogP contribution is -2.48. The van der Waals surface area contributed by atoms with Crippen LogP contribution in [0.25, 0.3) is 0 Å². The van der Waals surface area contributed by atoms with Crippen molar-refractivity contribution in [3.63, 3.8) is 0 Å². The molecule has 2 rings (SSSR count). The molecule has 2 saturated heterocycles. The van der Waals surface area contributed by atoms with Gasteiger partial charge in [-0.2, -0.15) is 0 Å². The van der Waals surface area contributed by atoms with Crippen LogP contribution in [0.2, 0.25) is 0 Å². The van der Waals surface area contributed by atoms with Crippen LogP contribution in [-0.2, 0) is 4.74 Å². The van der Waals surface area contributed by atoms with Crippen LogP contribution >= 0.6 is 24.0 Å². The number of piperazine rings is 1. The predicted molar refractivity (Wildman–Crippen MR) is 127 cm³/mol. The van der Waals surface area contributed by atoms with Gasteiger partial charge in [-0.3, -0.25) is 4.99 Å². The van der Waals surface area contributed by atoms with Crippen molar-refractivity contribution in [2.24, 2.45) is 16.3 Å². The van der Waals surface area contributed by atoms with E-state index in [-0.39, 0.29) is 36.0 Å². The third-order valence-electron chi connectivity index (χ3n) is 5.84. The van der Waals surface area contributed by atoms with Gasteiger partial charge in [0.25, 0.3) is 0 Å². The van der Waals surface area contributed by atoms with Crippen LogP contribution in [0.4, 0.5) is 0 Å². The Labute approximate surface area is 188 Å². The number of hydrogen-bond donors (Lipinski definition) is 3. The molecule has 8 heteroatoms. The quantitative estimate of drug-likeness (QED) is 0.233. The Kier molecular flexibility index (Phi) is 12.9. The number of aliphatic hydroxyl groups excluding tert-OH is 1. The van der Waals surface area contributed by atoms with Crippen molar-refractivity contribution in [1.29, 1.82) is 0 Å². The maximum Gasteiger partial charge on any atom is 0.191 e. The van der Waals surface area contributed by atoms with Gasteiger partial charge in [0.15, 0.2) is 5.96 Å². The largest absolute Gasteiger partial charge is 0.396 e. The Bertz CT molecular complexity index is 438. The zero-order valence-electron chi connectivity index (χ0n) is 18.1. The van der Waals surface area contributed by atoms with Gasteiger partial charge in [0.1, 0.15) is 0 Å². The SMILES string of the molecule is CCNC(=NCC1(CCO)CCOC1)NCC(C)CN1CCN(CC)CC1.I. The van der Waals surface area contributed by atoms with E-state index < -0.39 is 0 Å². The fraction of sp³-hybridized carbons (Fsp3) is 0.950. The van der Waals surface area contributed by atoms with Gasteiger partial charge in [0.2, 0.25) is 0 Å².